The van der Waals surface area contributed by atoms with Crippen molar-refractivity contribution in [3.8, 4) is 17.6 Å². The molecule has 0 radical (unpaired) electrons. The van der Waals surface area contributed by atoms with Crippen LogP contribution in [0.25, 0.3) is 6.08 Å². The minimum Gasteiger partial charge on any atom is -0.494 e. The van der Waals surface area contributed by atoms with Gasteiger partial charge in [0, 0.05) is 5.69 Å². The Morgan fingerprint density at radius 3 is 2.29 bits per heavy atom. The maximum Gasteiger partial charge on any atom is 0.266 e. The van der Waals surface area contributed by atoms with E-state index >= 15 is 0 Å². The monoisotopic (exact) mass is 540 g/mol. The molecule has 0 fully saturated rings. The molecule has 5 nitrogen and oxygen atoms in total. The molecular formula is C24H18Br2N2O3. The van der Waals surface area contributed by atoms with Crippen LogP contribution in [-0.4, -0.2) is 13.0 Å². The lowest BCUT2D eigenvalue weighted by Gasteiger charge is -2.09. The topological polar surface area (TPSA) is 71.3 Å². The molecule has 0 saturated heterocycles. The fourth-order valence-electron chi connectivity index (χ4n) is 2.75. The summed E-state index contributed by atoms with van der Waals surface area (Å²) in [6, 6.07) is 22.3. The molecule has 0 spiro atoms. The molecule has 156 valence electrons. The van der Waals surface area contributed by atoms with Crippen molar-refractivity contribution in [2.75, 3.05) is 12.4 Å². The molecule has 7 heteroatoms. The van der Waals surface area contributed by atoms with Gasteiger partial charge in [-0.1, -0.05) is 30.3 Å². The van der Waals surface area contributed by atoms with Gasteiger partial charge in [-0.05, 0) is 85.5 Å². The number of nitrogens with one attached hydrogen (secondary N) is 1. The molecule has 3 rings (SSSR count). The van der Waals surface area contributed by atoms with E-state index in [1.807, 2.05) is 36.4 Å². The van der Waals surface area contributed by atoms with Crippen molar-refractivity contribution in [2.24, 2.45) is 0 Å². The Hall–Kier alpha value is -3.08. The number of carbonyl (C=O) groups excluding carboxylic acids is 1. The first-order valence-electron chi connectivity index (χ1n) is 9.23. The van der Waals surface area contributed by atoms with Crippen LogP contribution in [0.15, 0.2) is 81.2 Å². The number of ether oxygens (including phenoxy) is 2. The number of carbonyl (C=O) groups is 1. The third-order valence-electron chi connectivity index (χ3n) is 4.26. The molecule has 3 aromatic carbocycles. The molecular weight excluding hydrogens is 524 g/mol. The Bertz CT molecular complexity index is 1110. The summed E-state index contributed by atoms with van der Waals surface area (Å²) in [6.45, 7) is 0.459. The first-order valence-corrected chi connectivity index (χ1v) is 10.8. The molecule has 31 heavy (non-hydrogen) atoms. The second kappa shape index (κ2) is 10.8. The number of rotatable bonds is 7. The Labute approximate surface area is 197 Å². The molecule has 0 aliphatic heterocycles. The molecule has 0 saturated carbocycles. The summed E-state index contributed by atoms with van der Waals surface area (Å²) in [6.07, 6.45) is 1.52. The summed E-state index contributed by atoms with van der Waals surface area (Å²) < 4.78 is 12.4. The van der Waals surface area contributed by atoms with Gasteiger partial charge in [0.1, 0.15) is 29.7 Å². The van der Waals surface area contributed by atoms with Crippen LogP contribution in [0.3, 0.4) is 0 Å². The van der Waals surface area contributed by atoms with Crippen molar-refractivity contribution in [1.82, 2.24) is 0 Å². The van der Waals surface area contributed by atoms with E-state index in [0.717, 1.165) is 5.56 Å². The van der Waals surface area contributed by atoms with Crippen molar-refractivity contribution in [2.45, 2.75) is 6.61 Å². The van der Waals surface area contributed by atoms with Gasteiger partial charge in [0.2, 0.25) is 0 Å². The highest BCUT2D eigenvalue weighted by atomic mass is 79.9. The van der Waals surface area contributed by atoms with Gasteiger partial charge in [-0.25, -0.2) is 0 Å². The highest BCUT2D eigenvalue weighted by molar-refractivity contribution is 9.11. The van der Waals surface area contributed by atoms with Gasteiger partial charge >= 0.3 is 0 Å². The minimum atomic E-state index is -0.497. The van der Waals surface area contributed by atoms with Gasteiger partial charge in [0.05, 0.1) is 16.1 Å². The van der Waals surface area contributed by atoms with Crippen molar-refractivity contribution >= 4 is 49.5 Å². The third-order valence-corrected chi connectivity index (χ3v) is 5.44. The zero-order valence-corrected chi connectivity index (χ0v) is 19.7. The summed E-state index contributed by atoms with van der Waals surface area (Å²) in [5, 5.41) is 12.2. The normalized spacial score (nSPS) is 10.8. The van der Waals surface area contributed by atoms with E-state index in [0.29, 0.717) is 38.3 Å². The largest absolute Gasteiger partial charge is 0.494 e. The predicted octanol–water partition coefficient (Wildman–Crippen LogP) is 6.34. The van der Waals surface area contributed by atoms with Crippen LogP contribution in [0.2, 0.25) is 0 Å². The Balaban J connectivity index is 1.67. The first-order chi connectivity index (χ1) is 15.0. The Morgan fingerprint density at radius 2 is 1.71 bits per heavy atom. The van der Waals surface area contributed by atoms with Crippen LogP contribution in [0.4, 0.5) is 5.69 Å². The summed E-state index contributed by atoms with van der Waals surface area (Å²) >= 11 is 6.83. The van der Waals surface area contributed by atoms with E-state index in [1.54, 1.807) is 43.5 Å². The number of methoxy groups -OCH3 is 1. The Morgan fingerprint density at radius 1 is 1.06 bits per heavy atom. The van der Waals surface area contributed by atoms with E-state index in [-0.39, 0.29) is 5.57 Å². The number of nitrogens with zero attached hydrogens (tertiary/aromatic N) is 1. The van der Waals surface area contributed by atoms with Gasteiger partial charge in [-0.15, -0.1) is 0 Å². The van der Waals surface area contributed by atoms with E-state index in [1.165, 1.54) is 6.08 Å². The smallest absolute Gasteiger partial charge is 0.266 e. The van der Waals surface area contributed by atoms with Gasteiger partial charge in [0.25, 0.3) is 5.91 Å². The highest BCUT2D eigenvalue weighted by Crippen LogP contribution is 2.35. The number of amides is 1. The number of nitriles is 1. The maximum absolute atomic E-state index is 12.6. The first kappa shape index (κ1) is 22.6. The fourth-order valence-corrected chi connectivity index (χ4v) is 4.29. The SMILES string of the molecule is COc1c(Br)cc(/C=C(\C#N)C(=O)Nc2ccc(OCc3ccccc3)cc2)cc1Br. The maximum atomic E-state index is 12.6. The molecule has 0 bridgehead atoms. The summed E-state index contributed by atoms with van der Waals surface area (Å²) in [5.41, 5.74) is 2.29. The van der Waals surface area contributed by atoms with Crippen LogP contribution >= 0.6 is 31.9 Å². The molecule has 1 amide bonds. The summed E-state index contributed by atoms with van der Waals surface area (Å²) in [5.74, 6) is 0.823. The molecule has 0 atom stereocenters. The quantitative estimate of drug-likeness (QED) is 0.279. The standard InChI is InChI=1S/C24H18Br2N2O3/c1-30-23-21(25)12-17(13-22(23)26)11-18(14-27)24(29)28-19-7-9-20(10-8-19)31-15-16-5-3-2-4-6-16/h2-13H,15H2,1H3,(H,28,29)/b18-11+. The van der Waals surface area contributed by atoms with Crippen LogP contribution in [-0.2, 0) is 11.4 Å². The van der Waals surface area contributed by atoms with E-state index in [9.17, 15) is 10.1 Å². The fraction of sp³-hybridized carbons (Fsp3) is 0.0833. The Kier molecular flexibility index (Phi) is 7.88. The molecule has 0 aromatic heterocycles. The van der Waals surface area contributed by atoms with Crippen LogP contribution in [0.5, 0.6) is 11.5 Å². The number of halogens is 2. The number of hydrogen-bond donors (Lipinski definition) is 1. The molecule has 0 heterocycles. The highest BCUT2D eigenvalue weighted by Gasteiger charge is 2.12. The van der Waals surface area contributed by atoms with Crippen LogP contribution in [0.1, 0.15) is 11.1 Å². The second-order valence-corrected chi connectivity index (χ2v) is 8.15. The second-order valence-electron chi connectivity index (χ2n) is 6.44. The van der Waals surface area contributed by atoms with Gasteiger partial charge in [0.15, 0.2) is 0 Å². The van der Waals surface area contributed by atoms with Crippen LogP contribution in [0, 0.1) is 11.3 Å². The number of anilines is 1. The number of hydrogen-bond acceptors (Lipinski definition) is 4. The average Bonchev–Trinajstić information content (AvgIpc) is 2.77. The molecule has 3 aromatic rings. The van der Waals surface area contributed by atoms with Gasteiger partial charge in [-0.3, -0.25) is 4.79 Å². The van der Waals surface area contributed by atoms with Crippen molar-refractivity contribution in [1.29, 1.82) is 5.26 Å². The molecule has 0 aliphatic rings. The summed E-state index contributed by atoms with van der Waals surface area (Å²) in [7, 11) is 1.56. The molecule has 1 N–H and O–H groups in total. The van der Waals surface area contributed by atoms with Gasteiger partial charge < -0.3 is 14.8 Å². The van der Waals surface area contributed by atoms with E-state index < -0.39 is 5.91 Å². The van der Waals surface area contributed by atoms with E-state index in [4.69, 9.17) is 9.47 Å². The lowest BCUT2D eigenvalue weighted by atomic mass is 10.1. The van der Waals surface area contributed by atoms with Crippen molar-refractivity contribution < 1.29 is 14.3 Å². The zero-order chi connectivity index (χ0) is 22.2. The third kappa shape index (κ3) is 6.20. The van der Waals surface area contributed by atoms with E-state index in [2.05, 4.69) is 37.2 Å². The lowest BCUT2D eigenvalue weighted by Crippen LogP contribution is -2.13. The average molecular weight is 542 g/mol. The van der Waals surface area contributed by atoms with Crippen LogP contribution < -0.4 is 14.8 Å². The molecule has 0 aliphatic carbocycles. The minimum absolute atomic E-state index is 0.0200. The van der Waals surface area contributed by atoms with Crippen molar-refractivity contribution in [3.05, 3.63) is 92.4 Å². The zero-order valence-electron chi connectivity index (χ0n) is 16.6. The molecule has 0 unspecified atom stereocenters. The summed E-state index contributed by atoms with van der Waals surface area (Å²) in [4.78, 5) is 12.6. The lowest BCUT2D eigenvalue weighted by molar-refractivity contribution is -0.112. The number of benzene rings is 3. The predicted molar refractivity (Wildman–Crippen MR) is 128 cm³/mol. The van der Waals surface area contributed by atoms with Crippen molar-refractivity contribution in [3.63, 3.8) is 0 Å². The van der Waals surface area contributed by atoms with Gasteiger partial charge in [-0.2, -0.15) is 5.26 Å².